The van der Waals surface area contributed by atoms with Crippen molar-refractivity contribution in [3.63, 3.8) is 0 Å². The molecule has 0 aromatic heterocycles. The van der Waals surface area contributed by atoms with Crippen molar-refractivity contribution in [2.24, 2.45) is 0 Å². The standard InChI is InChI=1S/C6H10O.C4H10O/c7-6-4-2-1-3-5-6;1-3-5-4-2/h1-5H2;3-4H2,1-2H3. The Hall–Kier alpha value is -0.370. The van der Waals surface area contributed by atoms with Gasteiger partial charge < -0.3 is 4.74 Å². The number of ketones is 1. The third-order valence-electron chi connectivity index (χ3n) is 1.82. The highest BCUT2D eigenvalue weighted by Gasteiger charge is 2.05. The minimum Gasteiger partial charge on any atom is -0.382 e. The molecule has 0 aromatic rings. The first-order valence-electron chi connectivity index (χ1n) is 4.90. The molecule has 1 fully saturated rings. The summed E-state index contributed by atoms with van der Waals surface area (Å²) in [5, 5.41) is 0. The Bertz CT molecular complexity index is 100. The molecule has 2 nitrogen and oxygen atoms in total. The molecule has 1 saturated carbocycles. The fourth-order valence-corrected chi connectivity index (χ4v) is 1.15. The number of Topliss-reactive ketones (excluding diaryl/α,β-unsaturated/α-hetero) is 1. The van der Waals surface area contributed by atoms with E-state index in [0.29, 0.717) is 5.78 Å². The van der Waals surface area contributed by atoms with Gasteiger partial charge in [0.25, 0.3) is 0 Å². The molecule has 0 bridgehead atoms. The van der Waals surface area contributed by atoms with Crippen LogP contribution in [0, 0.1) is 0 Å². The van der Waals surface area contributed by atoms with Crippen LogP contribution in [0.1, 0.15) is 46.0 Å². The number of hydrogen-bond donors (Lipinski definition) is 0. The summed E-state index contributed by atoms with van der Waals surface area (Å²) in [6, 6.07) is 0. The van der Waals surface area contributed by atoms with E-state index in [9.17, 15) is 4.79 Å². The highest BCUT2D eigenvalue weighted by atomic mass is 16.5. The minimum atomic E-state index is 0.464. The largest absolute Gasteiger partial charge is 0.382 e. The Morgan fingerprint density at radius 2 is 1.58 bits per heavy atom. The van der Waals surface area contributed by atoms with Crippen LogP contribution >= 0.6 is 0 Å². The van der Waals surface area contributed by atoms with Gasteiger partial charge in [0, 0.05) is 26.1 Å². The molecule has 0 amide bonds. The first-order valence-corrected chi connectivity index (χ1v) is 4.90. The zero-order chi connectivity index (χ0) is 9.23. The van der Waals surface area contributed by atoms with Gasteiger partial charge in [-0.15, -0.1) is 0 Å². The van der Waals surface area contributed by atoms with E-state index in [1.54, 1.807) is 0 Å². The molecule has 0 heterocycles. The maximum Gasteiger partial charge on any atom is 0.132 e. The zero-order valence-electron chi connectivity index (χ0n) is 8.27. The predicted octanol–water partition coefficient (Wildman–Crippen LogP) is 2.56. The van der Waals surface area contributed by atoms with E-state index in [4.69, 9.17) is 4.74 Å². The summed E-state index contributed by atoms with van der Waals surface area (Å²) in [6.45, 7) is 5.67. The molecular weight excluding hydrogens is 152 g/mol. The number of rotatable bonds is 2. The van der Waals surface area contributed by atoms with Gasteiger partial charge in [-0.3, -0.25) is 4.79 Å². The Kier molecular flexibility index (Phi) is 8.46. The number of carbonyl (C=O) groups is 1. The van der Waals surface area contributed by atoms with Crippen LogP contribution < -0.4 is 0 Å². The Morgan fingerprint density at radius 3 is 1.75 bits per heavy atom. The summed E-state index contributed by atoms with van der Waals surface area (Å²) >= 11 is 0. The van der Waals surface area contributed by atoms with E-state index in [0.717, 1.165) is 38.9 Å². The highest BCUT2D eigenvalue weighted by molar-refractivity contribution is 5.78. The van der Waals surface area contributed by atoms with Crippen LogP contribution in [0.2, 0.25) is 0 Å². The lowest BCUT2D eigenvalue weighted by molar-refractivity contribution is -0.120. The molecule has 1 rings (SSSR count). The van der Waals surface area contributed by atoms with E-state index in [2.05, 4.69) is 0 Å². The molecule has 0 radical (unpaired) electrons. The van der Waals surface area contributed by atoms with Gasteiger partial charge in [-0.25, -0.2) is 0 Å². The topological polar surface area (TPSA) is 26.3 Å². The van der Waals surface area contributed by atoms with E-state index < -0.39 is 0 Å². The lowest BCUT2D eigenvalue weighted by atomic mass is 10.00. The average Bonchev–Trinajstić information content (AvgIpc) is 2.08. The lowest BCUT2D eigenvalue weighted by Gasteiger charge is -2.05. The molecule has 0 atom stereocenters. The Morgan fingerprint density at radius 1 is 1.08 bits per heavy atom. The summed E-state index contributed by atoms with van der Waals surface area (Å²) in [4.78, 5) is 10.5. The number of ether oxygens (including phenoxy) is 1. The van der Waals surface area contributed by atoms with Crippen LogP contribution in [0.3, 0.4) is 0 Å². The van der Waals surface area contributed by atoms with Gasteiger partial charge in [0.05, 0.1) is 0 Å². The van der Waals surface area contributed by atoms with Crippen molar-refractivity contribution in [2.75, 3.05) is 13.2 Å². The summed E-state index contributed by atoms with van der Waals surface area (Å²) in [7, 11) is 0. The number of carbonyl (C=O) groups excluding carboxylic acids is 1. The molecule has 72 valence electrons. The molecule has 0 aromatic carbocycles. The van der Waals surface area contributed by atoms with Crippen LogP contribution in [0.15, 0.2) is 0 Å². The third-order valence-corrected chi connectivity index (χ3v) is 1.82. The van der Waals surface area contributed by atoms with Crippen molar-refractivity contribution in [2.45, 2.75) is 46.0 Å². The first-order chi connectivity index (χ1) is 5.81. The molecule has 0 spiro atoms. The van der Waals surface area contributed by atoms with Gasteiger partial charge in [0.2, 0.25) is 0 Å². The van der Waals surface area contributed by atoms with E-state index in [1.165, 1.54) is 6.42 Å². The average molecular weight is 172 g/mol. The summed E-state index contributed by atoms with van der Waals surface area (Å²) in [5.74, 6) is 0.464. The van der Waals surface area contributed by atoms with Crippen molar-refractivity contribution in [1.29, 1.82) is 0 Å². The minimum absolute atomic E-state index is 0.464. The van der Waals surface area contributed by atoms with Crippen molar-refractivity contribution in [3.8, 4) is 0 Å². The van der Waals surface area contributed by atoms with Crippen LogP contribution in [-0.2, 0) is 9.53 Å². The monoisotopic (exact) mass is 172 g/mol. The van der Waals surface area contributed by atoms with Gasteiger partial charge in [-0.2, -0.15) is 0 Å². The van der Waals surface area contributed by atoms with Crippen molar-refractivity contribution < 1.29 is 9.53 Å². The fraction of sp³-hybridized carbons (Fsp3) is 0.900. The molecule has 12 heavy (non-hydrogen) atoms. The lowest BCUT2D eigenvalue weighted by Crippen LogP contribution is -2.02. The summed E-state index contributed by atoms with van der Waals surface area (Å²) in [6.07, 6.45) is 5.24. The second-order valence-corrected chi connectivity index (χ2v) is 2.88. The van der Waals surface area contributed by atoms with Crippen LogP contribution in [0.5, 0.6) is 0 Å². The summed E-state index contributed by atoms with van der Waals surface area (Å²) < 4.78 is 4.83. The highest BCUT2D eigenvalue weighted by Crippen LogP contribution is 2.12. The molecule has 0 saturated heterocycles. The van der Waals surface area contributed by atoms with Gasteiger partial charge in [0.1, 0.15) is 5.78 Å². The van der Waals surface area contributed by atoms with Crippen molar-refractivity contribution in [3.05, 3.63) is 0 Å². The van der Waals surface area contributed by atoms with Gasteiger partial charge >= 0.3 is 0 Å². The van der Waals surface area contributed by atoms with Gasteiger partial charge in [0.15, 0.2) is 0 Å². The SMILES string of the molecule is CCOCC.O=C1CCCCC1. The zero-order valence-corrected chi connectivity index (χ0v) is 8.27. The molecular formula is C10H20O2. The van der Waals surface area contributed by atoms with Crippen LogP contribution in [-0.4, -0.2) is 19.0 Å². The van der Waals surface area contributed by atoms with Gasteiger partial charge in [-0.05, 0) is 26.7 Å². The predicted molar refractivity (Wildman–Crippen MR) is 50.3 cm³/mol. The second-order valence-electron chi connectivity index (χ2n) is 2.88. The molecule has 2 heteroatoms. The molecule has 1 aliphatic carbocycles. The maximum absolute atomic E-state index is 10.5. The van der Waals surface area contributed by atoms with Crippen LogP contribution in [0.25, 0.3) is 0 Å². The first kappa shape index (κ1) is 11.6. The van der Waals surface area contributed by atoms with Crippen molar-refractivity contribution in [1.82, 2.24) is 0 Å². The van der Waals surface area contributed by atoms with Crippen LogP contribution in [0.4, 0.5) is 0 Å². The molecule has 0 N–H and O–H groups in total. The normalized spacial score (nSPS) is 16.7. The van der Waals surface area contributed by atoms with E-state index in [1.807, 2.05) is 13.8 Å². The molecule has 1 aliphatic rings. The number of hydrogen-bond acceptors (Lipinski definition) is 2. The fourth-order valence-electron chi connectivity index (χ4n) is 1.15. The second kappa shape index (κ2) is 8.72. The smallest absolute Gasteiger partial charge is 0.132 e. The van der Waals surface area contributed by atoms with E-state index >= 15 is 0 Å². The molecule has 0 unspecified atom stereocenters. The third kappa shape index (κ3) is 7.73. The quantitative estimate of drug-likeness (QED) is 0.640. The maximum atomic E-state index is 10.5. The summed E-state index contributed by atoms with van der Waals surface area (Å²) in [5.41, 5.74) is 0. The van der Waals surface area contributed by atoms with Crippen molar-refractivity contribution >= 4 is 5.78 Å². The van der Waals surface area contributed by atoms with Gasteiger partial charge in [-0.1, -0.05) is 6.42 Å². The Labute approximate surface area is 75.3 Å². The molecule has 0 aliphatic heterocycles. The Balaban J connectivity index is 0.000000217. The van der Waals surface area contributed by atoms with E-state index in [-0.39, 0.29) is 0 Å².